The first-order valence-electron chi connectivity index (χ1n) is 6.68. The fraction of sp³-hybridized carbons (Fsp3) is 0.571. The van der Waals surface area contributed by atoms with Gasteiger partial charge in [0.1, 0.15) is 5.82 Å². The van der Waals surface area contributed by atoms with E-state index in [4.69, 9.17) is 0 Å². The molecule has 1 aliphatic heterocycles. The Balaban J connectivity index is 1.98. The first-order valence-corrected chi connectivity index (χ1v) is 6.68. The lowest BCUT2D eigenvalue weighted by Gasteiger charge is -2.28. The van der Waals surface area contributed by atoms with Crippen LogP contribution in [0.25, 0.3) is 0 Å². The molecule has 0 aliphatic carbocycles. The summed E-state index contributed by atoms with van der Waals surface area (Å²) in [6.45, 7) is 5.97. The highest BCUT2D eigenvalue weighted by Crippen LogP contribution is 2.20. The number of rotatable bonds is 3. The van der Waals surface area contributed by atoms with Crippen molar-refractivity contribution in [3.8, 4) is 0 Å². The molecule has 0 spiro atoms. The maximum absolute atomic E-state index is 11.5. The lowest BCUT2D eigenvalue weighted by atomic mass is 10.1. The Labute approximate surface area is 108 Å². The predicted molar refractivity (Wildman–Crippen MR) is 73.8 cm³/mol. The standard InChI is InChI=1S/C14H21N3O/c1-11(2)14(18)16-13-7-6-12(10-15-13)17-8-4-3-5-9-17/h6-7,10-11H,3-5,8-9H2,1-2H3,(H,15,16,18). The van der Waals surface area contributed by atoms with E-state index in [1.54, 1.807) is 0 Å². The van der Waals surface area contributed by atoms with E-state index >= 15 is 0 Å². The van der Waals surface area contributed by atoms with Crippen LogP contribution in [0.5, 0.6) is 0 Å². The molecular weight excluding hydrogens is 226 g/mol. The molecule has 2 heterocycles. The van der Waals surface area contributed by atoms with E-state index in [-0.39, 0.29) is 11.8 Å². The zero-order chi connectivity index (χ0) is 13.0. The minimum atomic E-state index is -0.0198. The summed E-state index contributed by atoms with van der Waals surface area (Å²) in [6, 6.07) is 3.92. The minimum absolute atomic E-state index is 0.00761. The van der Waals surface area contributed by atoms with Gasteiger partial charge in [-0.05, 0) is 31.4 Å². The number of nitrogens with zero attached hydrogens (tertiary/aromatic N) is 2. The van der Waals surface area contributed by atoms with Gasteiger partial charge in [0, 0.05) is 19.0 Å². The summed E-state index contributed by atoms with van der Waals surface area (Å²) in [5.74, 6) is 0.622. The van der Waals surface area contributed by atoms with Gasteiger partial charge >= 0.3 is 0 Å². The highest BCUT2D eigenvalue weighted by Gasteiger charge is 2.12. The molecule has 0 saturated carbocycles. The third-order valence-electron chi connectivity index (χ3n) is 3.24. The van der Waals surface area contributed by atoms with Crippen LogP contribution in [-0.2, 0) is 4.79 Å². The normalized spacial score (nSPS) is 15.8. The van der Waals surface area contributed by atoms with Crippen molar-refractivity contribution in [1.82, 2.24) is 4.98 Å². The molecule has 4 nitrogen and oxygen atoms in total. The van der Waals surface area contributed by atoms with Crippen LogP contribution in [0.4, 0.5) is 11.5 Å². The van der Waals surface area contributed by atoms with E-state index in [9.17, 15) is 4.79 Å². The molecule has 0 atom stereocenters. The number of carbonyl (C=O) groups excluding carboxylic acids is 1. The van der Waals surface area contributed by atoms with E-state index in [1.165, 1.54) is 19.3 Å². The molecular formula is C14H21N3O. The zero-order valence-corrected chi connectivity index (χ0v) is 11.1. The Hall–Kier alpha value is -1.58. The van der Waals surface area contributed by atoms with Gasteiger partial charge in [-0.3, -0.25) is 4.79 Å². The van der Waals surface area contributed by atoms with Crippen LogP contribution in [0, 0.1) is 5.92 Å². The third kappa shape index (κ3) is 3.22. The molecule has 1 aliphatic rings. The number of amides is 1. The van der Waals surface area contributed by atoms with Crippen molar-refractivity contribution in [3.05, 3.63) is 18.3 Å². The maximum Gasteiger partial charge on any atom is 0.228 e. The third-order valence-corrected chi connectivity index (χ3v) is 3.24. The van der Waals surface area contributed by atoms with Gasteiger partial charge in [-0.15, -0.1) is 0 Å². The Morgan fingerprint density at radius 2 is 2.00 bits per heavy atom. The molecule has 2 rings (SSSR count). The molecule has 1 amide bonds. The van der Waals surface area contributed by atoms with Gasteiger partial charge in [0.05, 0.1) is 11.9 Å². The summed E-state index contributed by atoms with van der Waals surface area (Å²) >= 11 is 0. The van der Waals surface area contributed by atoms with Crippen LogP contribution >= 0.6 is 0 Å². The van der Waals surface area contributed by atoms with Crippen LogP contribution in [0.3, 0.4) is 0 Å². The second kappa shape index (κ2) is 5.85. The summed E-state index contributed by atoms with van der Waals surface area (Å²) in [7, 11) is 0. The second-order valence-corrected chi connectivity index (χ2v) is 5.09. The van der Waals surface area contributed by atoms with Crippen LogP contribution in [0.15, 0.2) is 18.3 Å². The topological polar surface area (TPSA) is 45.2 Å². The van der Waals surface area contributed by atoms with E-state index in [0.29, 0.717) is 5.82 Å². The van der Waals surface area contributed by atoms with Crippen molar-refractivity contribution in [2.45, 2.75) is 33.1 Å². The number of hydrogen-bond acceptors (Lipinski definition) is 3. The molecule has 1 fully saturated rings. The molecule has 98 valence electrons. The summed E-state index contributed by atoms with van der Waals surface area (Å²) in [5, 5.41) is 2.80. The van der Waals surface area contributed by atoms with Gasteiger partial charge in [-0.25, -0.2) is 4.98 Å². The molecule has 18 heavy (non-hydrogen) atoms. The molecule has 0 unspecified atom stereocenters. The number of pyridine rings is 1. The SMILES string of the molecule is CC(C)C(=O)Nc1ccc(N2CCCCC2)cn1. The van der Waals surface area contributed by atoms with Crippen molar-refractivity contribution in [2.75, 3.05) is 23.3 Å². The van der Waals surface area contributed by atoms with Crippen LogP contribution < -0.4 is 10.2 Å². The number of aromatic nitrogens is 1. The van der Waals surface area contributed by atoms with E-state index < -0.39 is 0 Å². The van der Waals surface area contributed by atoms with Crippen molar-refractivity contribution in [1.29, 1.82) is 0 Å². The fourth-order valence-electron chi connectivity index (χ4n) is 2.07. The van der Waals surface area contributed by atoms with Crippen LogP contribution in [0.1, 0.15) is 33.1 Å². The monoisotopic (exact) mass is 247 g/mol. The van der Waals surface area contributed by atoms with Crippen molar-refractivity contribution in [3.63, 3.8) is 0 Å². The Morgan fingerprint density at radius 1 is 1.28 bits per heavy atom. The number of piperidine rings is 1. The highest BCUT2D eigenvalue weighted by molar-refractivity contribution is 5.91. The lowest BCUT2D eigenvalue weighted by molar-refractivity contribution is -0.118. The average Bonchev–Trinajstić information content (AvgIpc) is 2.40. The molecule has 0 bridgehead atoms. The molecule has 0 aromatic carbocycles. The molecule has 4 heteroatoms. The highest BCUT2D eigenvalue weighted by atomic mass is 16.1. The number of carbonyl (C=O) groups is 1. The lowest BCUT2D eigenvalue weighted by Crippen LogP contribution is -2.29. The summed E-state index contributed by atoms with van der Waals surface area (Å²) in [4.78, 5) is 18.2. The smallest absolute Gasteiger partial charge is 0.228 e. The molecule has 1 aromatic rings. The molecule has 1 saturated heterocycles. The average molecular weight is 247 g/mol. The Bertz CT molecular complexity index is 394. The quantitative estimate of drug-likeness (QED) is 0.893. The van der Waals surface area contributed by atoms with Gasteiger partial charge in [-0.2, -0.15) is 0 Å². The zero-order valence-electron chi connectivity index (χ0n) is 11.1. The minimum Gasteiger partial charge on any atom is -0.370 e. The molecule has 0 radical (unpaired) electrons. The van der Waals surface area contributed by atoms with Gasteiger partial charge in [0.2, 0.25) is 5.91 Å². The van der Waals surface area contributed by atoms with Crippen molar-refractivity contribution >= 4 is 17.4 Å². The van der Waals surface area contributed by atoms with Gasteiger partial charge in [0.15, 0.2) is 0 Å². The number of anilines is 2. The summed E-state index contributed by atoms with van der Waals surface area (Å²) in [6.07, 6.45) is 5.69. The molecule has 1 aromatic heterocycles. The Kier molecular flexibility index (Phi) is 4.18. The largest absolute Gasteiger partial charge is 0.370 e. The predicted octanol–water partition coefficient (Wildman–Crippen LogP) is 2.67. The fourth-order valence-corrected chi connectivity index (χ4v) is 2.07. The summed E-state index contributed by atoms with van der Waals surface area (Å²) < 4.78 is 0. The Morgan fingerprint density at radius 3 is 2.56 bits per heavy atom. The molecule has 1 N–H and O–H groups in total. The van der Waals surface area contributed by atoms with Gasteiger partial charge < -0.3 is 10.2 Å². The van der Waals surface area contributed by atoms with Gasteiger partial charge in [-0.1, -0.05) is 13.8 Å². The van der Waals surface area contributed by atoms with Crippen LogP contribution in [-0.4, -0.2) is 24.0 Å². The maximum atomic E-state index is 11.5. The van der Waals surface area contributed by atoms with E-state index in [2.05, 4.69) is 15.2 Å². The van der Waals surface area contributed by atoms with E-state index in [0.717, 1.165) is 18.8 Å². The van der Waals surface area contributed by atoms with Crippen molar-refractivity contribution < 1.29 is 4.79 Å². The first-order chi connectivity index (χ1) is 8.66. The van der Waals surface area contributed by atoms with Crippen molar-refractivity contribution in [2.24, 2.45) is 5.92 Å². The number of nitrogens with one attached hydrogen (secondary N) is 1. The second-order valence-electron chi connectivity index (χ2n) is 5.09. The van der Waals surface area contributed by atoms with Gasteiger partial charge in [0.25, 0.3) is 0 Å². The first kappa shape index (κ1) is 12.9. The van der Waals surface area contributed by atoms with E-state index in [1.807, 2.05) is 32.2 Å². The summed E-state index contributed by atoms with van der Waals surface area (Å²) in [5.41, 5.74) is 1.15. The van der Waals surface area contributed by atoms with Crippen LogP contribution in [0.2, 0.25) is 0 Å². The number of hydrogen-bond donors (Lipinski definition) is 1.